The molecule has 0 spiro atoms. The molecule has 5 heteroatoms. The molecule has 4 aliphatic carbocycles. The highest BCUT2D eigenvalue weighted by atomic mass is 19.1. The molecule has 0 unspecified atom stereocenters. The highest BCUT2D eigenvalue weighted by Crippen LogP contribution is 2.65. The monoisotopic (exact) mass is 472 g/mol. The predicted octanol–water partition coefficient (Wildman–Crippen LogP) is 5.63. The molecule has 4 nitrogen and oxygen atoms in total. The van der Waals surface area contributed by atoms with Crippen molar-refractivity contribution < 1.29 is 4.39 Å². The van der Waals surface area contributed by atoms with Crippen LogP contribution in [0.1, 0.15) is 68.3 Å². The van der Waals surface area contributed by atoms with Crippen LogP contribution in [0.25, 0.3) is 5.57 Å². The Balaban J connectivity index is 1.15. The number of pyridine rings is 1. The Morgan fingerprint density at radius 1 is 1.14 bits per heavy atom. The first-order chi connectivity index (χ1) is 17.1. The number of anilines is 1. The second kappa shape index (κ2) is 8.41. The third kappa shape index (κ3) is 3.57. The summed E-state index contributed by atoms with van der Waals surface area (Å²) in [5.41, 5.74) is 8.89. The summed E-state index contributed by atoms with van der Waals surface area (Å²) in [5, 5.41) is 3.69. The Hall–Kier alpha value is -2.24. The topological polar surface area (TPSA) is 31.4 Å². The molecular weight excluding hydrogens is 435 g/mol. The SMILES string of the molecule is C[C@@H]1CC2=C(Cc3ccccc32)[C@@H](c2ccc(N[C@H]3CCN(CCCF)C3)cn2)N1C12CC(C1)C2. The number of hydrogen-bond donors (Lipinski definition) is 1. The van der Waals surface area contributed by atoms with Gasteiger partial charge < -0.3 is 10.2 Å². The van der Waals surface area contributed by atoms with E-state index in [1.807, 2.05) is 0 Å². The first kappa shape index (κ1) is 22.0. The molecule has 6 aliphatic rings. The molecule has 1 N–H and O–H groups in total. The number of rotatable bonds is 7. The van der Waals surface area contributed by atoms with E-state index in [4.69, 9.17) is 4.98 Å². The Bertz CT molecular complexity index is 1120. The number of hydrogen-bond acceptors (Lipinski definition) is 4. The summed E-state index contributed by atoms with van der Waals surface area (Å²) in [7, 11) is 0. The molecule has 1 aromatic carbocycles. The summed E-state index contributed by atoms with van der Waals surface area (Å²) in [6, 6.07) is 14.8. The molecular formula is C30H37FN4. The maximum absolute atomic E-state index is 12.5. The third-order valence-corrected chi connectivity index (χ3v) is 9.56. The fourth-order valence-corrected chi connectivity index (χ4v) is 7.91. The highest BCUT2D eigenvalue weighted by molar-refractivity contribution is 5.79. The van der Waals surface area contributed by atoms with Crippen LogP contribution in [0.4, 0.5) is 10.1 Å². The van der Waals surface area contributed by atoms with Crippen LogP contribution in [-0.2, 0) is 6.42 Å². The van der Waals surface area contributed by atoms with Gasteiger partial charge in [-0.2, -0.15) is 0 Å². The summed E-state index contributed by atoms with van der Waals surface area (Å²) < 4.78 is 12.5. The van der Waals surface area contributed by atoms with E-state index in [0.29, 0.717) is 30.1 Å². The first-order valence-electron chi connectivity index (χ1n) is 13.7. The highest BCUT2D eigenvalue weighted by Gasteiger charge is 2.63. The largest absolute Gasteiger partial charge is 0.380 e. The minimum Gasteiger partial charge on any atom is -0.380 e. The van der Waals surface area contributed by atoms with Crippen LogP contribution in [0.15, 0.2) is 48.2 Å². The van der Waals surface area contributed by atoms with Crippen molar-refractivity contribution >= 4 is 11.3 Å². The molecule has 4 fully saturated rings. The number of nitrogens with zero attached hydrogens (tertiary/aromatic N) is 3. The van der Waals surface area contributed by atoms with Crippen molar-refractivity contribution in [1.29, 1.82) is 0 Å². The Morgan fingerprint density at radius 3 is 2.74 bits per heavy atom. The molecule has 0 radical (unpaired) electrons. The molecule has 1 saturated heterocycles. The number of aromatic nitrogens is 1. The summed E-state index contributed by atoms with van der Waals surface area (Å²) in [6.45, 7) is 5.14. The molecule has 2 aromatic rings. The number of likely N-dealkylation sites (tertiary alicyclic amines) is 1. The first-order valence-corrected chi connectivity index (χ1v) is 13.7. The smallest absolute Gasteiger partial charge is 0.0906 e. The van der Waals surface area contributed by atoms with Gasteiger partial charge in [0.1, 0.15) is 0 Å². The summed E-state index contributed by atoms with van der Waals surface area (Å²) >= 11 is 0. The van der Waals surface area contributed by atoms with Crippen LogP contribution < -0.4 is 5.32 Å². The number of nitrogens with one attached hydrogen (secondary N) is 1. The van der Waals surface area contributed by atoms with Gasteiger partial charge in [0, 0.05) is 37.3 Å². The van der Waals surface area contributed by atoms with E-state index in [-0.39, 0.29) is 6.67 Å². The van der Waals surface area contributed by atoms with Gasteiger partial charge in [-0.1, -0.05) is 24.3 Å². The summed E-state index contributed by atoms with van der Waals surface area (Å²) in [6.07, 6.45) is 10.2. The minimum absolute atomic E-state index is 0.220. The van der Waals surface area contributed by atoms with Gasteiger partial charge in [-0.05, 0) is 92.2 Å². The van der Waals surface area contributed by atoms with E-state index < -0.39 is 0 Å². The van der Waals surface area contributed by atoms with Gasteiger partial charge in [-0.3, -0.25) is 14.3 Å². The van der Waals surface area contributed by atoms with E-state index in [1.54, 1.807) is 11.1 Å². The lowest BCUT2D eigenvalue weighted by Gasteiger charge is -2.70. The number of halogens is 1. The Kier molecular flexibility index (Phi) is 5.29. The summed E-state index contributed by atoms with van der Waals surface area (Å²) in [5.74, 6) is 0.967. The fraction of sp³-hybridized carbons (Fsp3) is 0.567. The van der Waals surface area contributed by atoms with E-state index >= 15 is 0 Å². The lowest BCUT2D eigenvalue weighted by atomic mass is 9.48. The number of alkyl halides is 1. The van der Waals surface area contributed by atoms with Gasteiger partial charge in [0.25, 0.3) is 0 Å². The van der Waals surface area contributed by atoms with Crippen LogP contribution >= 0.6 is 0 Å². The Morgan fingerprint density at radius 2 is 2.00 bits per heavy atom. The van der Waals surface area contributed by atoms with Gasteiger partial charge in [0.15, 0.2) is 0 Å². The van der Waals surface area contributed by atoms with Gasteiger partial charge in [-0.25, -0.2) is 0 Å². The molecule has 3 saturated carbocycles. The standard InChI is InChI=1S/C30H37FN4/c1-20-13-26-25-6-3-2-5-22(25)14-27(26)29(35(20)30-15-21(16-30)17-30)28-8-7-23(18-32-28)33-24-9-12-34(19-24)11-4-10-31/h2-3,5-8,18,20-21,24,29,33H,4,9-17,19H2,1H3/t20-,21?,24+,29+,30?/m1/s1. The molecule has 3 heterocycles. The molecule has 2 bridgehead atoms. The van der Waals surface area contributed by atoms with Gasteiger partial charge >= 0.3 is 0 Å². The fourth-order valence-electron chi connectivity index (χ4n) is 7.91. The molecule has 3 atom stereocenters. The lowest BCUT2D eigenvalue weighted by Crippen LogP contribution is -2.71. The van der Waals surface area contributed by atoms with E-state index in [1.165, 1.54) is 36.1 Å². The lowest BCUT2D eigenvalue weighted by molar-refractivity contribution is -0.173. The second-order valence-electron chi connectivity index (χ2n) is 11.8. The molecule has 0 amide bonds. The molecule has 8 rings (SSSR count). The van der Waals surface area contributed by atoms with Crippen molar-refractivity contribution in [2.75, 3.05) is 31.6 Å². The van der Waals surface area contributed by atoms with Crippen molar-refractivity contribution in [2.24, 2.45) is 5.92 Å². The van der Waals surface area contributed by atoms with Crippen LogP contribution in [0.5, 0.6) is 0 Å². The number of fused-ring (bicyclic) bond motifs is 2. The zero-order valence-corrected chi connectivity index (χ0v) is 20.8. The minimum atomic E-state index is -0.220. The predicted molar refractivity (Wildman–Crippen MR) is 139 cm³/mol. The average Bonchev–Trinajstić information content (AvgIpc) is 3.41. The Labute approximate surface area is 208 Å². The second-order valence-corrected chi connectivity index (χ2v) is 11.8. The van der Waals surface area contributed by atoms with Crippen LogP contribution in [0.2, 0.25) is 0 Å². The molecule has 35 heavy (non-hydrogen) atoms. The van der Waals surface area contributed by atoms with Crippen molar-refractivity contribution in [3.05, 3.63) is 65.0 Å². The zero-order valence-electron chi connectivity index (χ0n) is 20.8. The normalized spacial score (nSPS) is 33.8. The van der Waals surface area contributed by atoms with Gasteiger partial charge in [0.05, 0.1) is 30.3 Å². The van der Waals surface area contributed by atoms with Crippen molar-refractivity contribution in [3.63, 3.8) is 0 Å². The van der Waals surface area contributed by atoms with Gasteiger partial charge in [0.2, 0.25) is 0 Å². The average molecular weight is 473 g/mol. The zero-order chi connectivity index (χ0) is 23.6. The van der Waals surface area contributed by atoms with Crippen LogP contribution in [0.3, 0.4) is 0 Å². The van der Waals surface area contributed by atoms with E-state index in [9.17, 15) is 4.39 Å². The summed E-state index contributed by atoms with van der Waals surface area (Å²) in [4.78, 5) is 10.4. The van der Waals surface area contributed by atoms with Gasteiger partial charge in [-0.15, -0.1) is 0 Å². The molecule has 2 aliphatic heterocycles. The number of benzene rings is 1. The van der Waals surface area contributed by atoms with E-state index in [0.717, 1.165) is 50.5 Å². The van der Waals surface area contributed by atoms with Crippen molar-refractivity contribution in [1.82, 2.24) is 14.8 Å². The van der Waals surface area contributed by atoms with E-state index in [2.05, 4.69) is 64.6 Å². The third-order valence-electron chi connectivity index (χ3n) is 9.56. The quantitative estimate of drug-likeness (QED) is 0.566. The maximum Gasteiger partial charge on any atom is 0.0906 e. The van der Waals surface area contributed by atoms with Crippen LogP contribution in [0, 0.1) is 5.92 Å². The molecule has 1 aromatic heterocycles. The maximum atomic E-state index is 12.5. The van der Waals surface area contributed by atoms with Crippen LogP contribution in [-0.4, -0.2) is 58.7 Å². The van der Waals surface area contributed by atoms with Crippen molar-refractivity contribution in [3.8, 4) is 0 Å². The molecule has 184 valence electrons. The van der Waals surface area contributed by atoms with Crippen molar-refractivity contribution in [2.45, 2.75) is 75.5 Å².